The van der Waals surface area contributed by atoms with Crippen molar-refractivity contribution in [3.05, 3.63) is 29.8 Å². The molecule has 0 aliphatic heterocycles. The van der Waals surface area contributed by atoms with E-state index in [2.05, 4.69) is 4.98 Å². The SMILES string of the molecule is CCn1c(CC(C)(C)N)nc2ccc(F)cc21. The molecule has 0 amide bonds. The first-order valence-electron chi connectivity index (χ1n) is 5.84. The Labute approximate surface area is 100 Å². The van der Waals surface area contributed by atoms with E-state index in [1.807, 2.05) is 25.3 Å². The molecule has 0 aliphatic carbocycles. The zero-order valence-corrected chi connectivity index (χ0v) is 10.5. The molecule has 2 aromatic rings. The van der Waals surface area contributed by atoms with Crippen molar-refractivity contribution in [2.24, 2.45) is 5.73 Å². The van der Waals surface area contributed by atoms with Crippen LogP contribution in [0.1, 0.15) is 26.6 Å². The molecule has 2 N–H and O–H groups in total. The van der Waals surface area contributed by atoms with Crippen LogP contribution in [0.15, 0.2) is 18.2 Å². The van der Waals surface area contributed by atoms with Gasteiger partial charge < -0.3 is 10.3 Å². The Bertz CT molecular complexity index is 537. The van der Waals surface area contributed by atoms with E-state index in [0.29, 0.717) is 6.42 Å². The first-order chi connectivity index (χ1) is 7.90. The van der Waals surface area contributed by atoms with Crippen molar-refractivity contribution in [3.8, 4) is 0 Å². The molecule has 0 atom stereocenters. The third-order valence-electron chi connectivity index (χ3n) is 2.72. The Morgan fingerprint density at radius 3 is 2.71 bits per heavy atom. The van der Waals surface area contributed by atoms with Gasteiger partial charge in [0.25, 0.3) is 0 Å². The van der Waals surface area contributed by atoms with E-state index in [-0.39, 0.29) is 11.4 Å². The topological polar surface area (TPSA) is 43.8 Å². The minimum absolute atomic E-state index is 0.231. The van der Waals surface area contributed by atoms with Gasteiger partial charge in [-0.3, -0.25) is 0 Å². The zero-order chi connectivity index (χ0) is 12.6. The summed E-state index contributed by atoms with van der Waals surface area (Å²) in [5.41, 5.74) is 7.37. The van der Waals surface area contributed by atoms with Crippen LogP contribution in [0.4, 0.5) is 4.39 Å². The maximum Gasteiger partial charge on any atom is 0.125 e. The van der Waals surface area contributed by atoms with Gasteiger partial charge in [-0.05, 0) is 39.0 Å². The molecule has 0 radical (unpaired) electrons. The highest BCUT2D eigenvalue weighted by Gasteiger charge is 2.18. The number of benzene rings is 1. The predicted molar refractivity (Wildman–Crippen MR) is 67.3 cm³/mol. The lowest BCUT2D eigenvalue weighted by Gasteiger charge is -2.18. The van der Waals surface area contributed by atoms with Crippen LogP contribution < -0.4 is 5.73 Å². The first kappa shape index (κ1) is 12.0. The molecule has 0 spiro atoms. The molecule has 0 saturated heterocycles. The van der Waals surface area contributed by atoms with Gasteiger partial charge in [-0.2, -0.15) is 0 Å². The minimum atomic E-state index is -0.313. The lowest BCUT2D eigenvalue weighted by molar-refractivity contribution is 0.490. The van der Waals surface area contributed by atoms with Crippen molar-refractivity contribution < 1.29 is 4.39 Å². The van der Waals surface area contributed by atoms with Crippen molar-refractivity contribution in [1.29, 1.82) is 0 Å². The monoisotopic (exact) mass is 235 g/mol. The molecular weight excluding hydrogens is 217 g/mol. The molecule has 3 nitrogen and oxygen atoms in total. The number of halogens is 1. The van der Waals surface area contributed by atoms with Gasteiger partial charge in [-0.15, -0.1) is 0 Å². The third kappa shape index (κ3) is 2.47. The standard InChI is InChI=1S/C13H18FN3/c1-4-17-11-7-9(14)5-6-10(11)16-12(17)8-13(2,3)15/h5-7H,4,8,15H2,1-3H3. The summed E-state index contributed by atoms with van der Waals surface area (Å²) in [6.07, 6.45) is 0.678. The molecule has 17 heavy (non-hydrogen) atoms. The number of fused-ring (bicyclic) bond motifs is 1. The maximum atomic E-state index is 13.2. The van der Waals surface area contributed by atoms with E-state index in [1.165, 1.54) is 12.1 Å². The summed E-state index contributed by atoms with van der Waals surface area (Å²) >= 11 is 0. The van der Waals surface area contributed by atoms with Gasteiger partial charge in [0.1, 0.15) is 11.6 Å². The van der Waals surface area contributed by atoms with Gasteiger partial charge in [-0.1, -0.05) is 0 Å². The largest absolute Gasteiger partial charge is 0.328 e. The van der Waals surface area contributed by atoms with Crippen LogP contribution >= 0.6 is 0 Å². The number of aromatic nitrogens is 2. The molecule has 0 unspecified atom stereocenters. The fraction of sp³-hybridized carbons (Fsp3) is 0.462. The average Bonchev–Trinajstić information content (AvgIpc) is 2.51. The number of aryl methyl sites for hydroxylation is 1. The average molecular weight is 235 g/mol. The summed E-state index contributed by atoms with van der Waals surface area (Å²) in [7, 11) is 0. The van der Waals surface area contributed by atoms with E-state index >= 15 is 0 Å². The van der Waals surface area contributed by atoms with Gasteiger partial charge >= 0.3 is 0 Å². The number of hydrogen-bond acceptors (Lipinski definition) is 2. The molecule has 0 aliphatic rings. The second kappa shape index (κ2) is 4.11. The molecule has 1 heterocycles. The number of hydrogen-bond donors (Lipinski definition) is 1. The Balaban J connectivity index is 2.56. The molecule has 1 aromatic heterocycles. The van der Waals surface area contributed by atoms with Gasteiger partial charge in [-0.25, -0.2) is 9.37 Å². The number of nitrogens with two attached hydrogens (primary N) is 1. The molecular formula is C13H18FN3. The first-order valence-corrected chi connectivity index (χ1v) is 5.84. The van der Waals surface area contributed by atoms with Crippen LogP contribution in [0.5, 0.6) is 0 Å². The van der Waals surface area contributed by atoms with Crippen LogP contribution in [0, 0.1) is 5.82 Å². The lowest BCUT2D eigenvalue weighted by Crippen LogP contribution is -2.35. The highest BCUT2D eigenvalue weighted by Crippen LogP contribution is 2.20. The smallest absolute Gasteiger partial charge is 0.125 e. The van der Waals surface area contributed by atoms with E-state index in [9.17, 15) is 4.39 Å². The highest BCUT2D eigenvalue weighted by atomic mass is 19.1. The van der Waals surface area contributed by atoms with Crippen LogP contribution in [-0.4, -0.2) is 15.1 Å². The Morgan fingerprint density at radius 2 is 2.12 bits per heavy atom. The van der Waals surface area contributed by atoms with Gasteiger partial charge in [0.15, 0.2) is 0 Å². The van der Waals surface area contributed by atoms with Crippen molar-refractivity contribution in [3.63, 3.8) is 0 Å². The summed E-state index contributed by atoms with van der Waals surface area (Å²) in [6.45, 7) is 6.73. The van der Waals surface area contributed by atoms with Crippen LogP contribution in [0.3, 0.4) is 0 Å². The van der Waals surface area contributed by atoms with Crippen LogP contribution in [-0.2, 0) is 13.0 Å². The molecule has 92 valence electrons. The van der Waals surface area contributed by atoms with E-state index in [4.69, 9.17) is 5.73 Å². The molecule has 0 fully saturated rings. The van der Waals surface area contributed by atoms with Gasteiger partial charge in [0.2, 0.25) is 0 Å². The number of rotatable bonds is 3. The quantitative estimate of drug-likeness (QED) is 0.888. The van der Waals surface area contributed by atoms with Crippen molar-refractivity contribution in [2.75, 3.05) is 0 Å². The second-order valence-electron chi connectivity index (χ2n) is 5.07. The minimum Gasteiger partial charge on any atom is -0.328 e. The summed E-state index contributed by atoms with van der Waals surface area (Å²) in [4.78, 5) is 4.53. The Kier molecular flexibility index (Phi) is 2.91. The summed E-state index contributed by atoms with van der Waals surface area (Å²) in [6, 6.07) is 4.68. The van der Waals surface area contributed by atoms with Crippen LogP contribution in [0.2, 0.25) is 0 Å². The van der Waals surface area contributed by atoms with Crippen molar-refractivity contribution in [1.82, 2.24) is 9.55 Å². The van der Waals surface area contributed by atoms with Crippen molar-refractivity contribution in [2.45, 2.75) is 39.3 Å². The van der Waals surface area contributed by atoms with E-state index in [1.54, 1.807) is 6.07 Å². The van der Waals surface area contributed by atoms with E-state index in [0.717, 1.165) is 23.4 Å². The summed E-state index contributed by atoms with van der Waals surface area (Å²) < 4.78 is 15.3. The molecule has 0 saturated carbocycles. The normalized spacial score (nSPS) is 12.3. The third-order valence-corrected chi connectivity index (χ3v) is 2.72. The second-order valence-corrected chi connectivity index (χ2v) is 5.07. The van der Waals surface area contributed by atoms with Gasteiger partial charge in [0, 0.05) is 18.5 Å². The Hall–Kier alpha value is -1.42. The summed E-state index contributed by atoms with van der Waals surface area (Å²) in [5, 5.41) is 0. The number of nitrogens with zero attached hydrogens (tertiary/aromatic N) is 2. The van der Waals surface area contributed by atoms with Gasteiger partial charge in [0.05, 0.1) is 11.0 Å². The highest BCUT2D eigenvalue weighted by molar-refractivity contribution is 5.76. The fourth-order valence-electron chi connectivity index (χ4n) is 2.04. The lowest BCUT2D eigenvalue weighted by atomic mass is 10.0. The molecule has 4 heteroatoms. The Morgan fingerprint density at radius 1 is 1.41 bits per heavy atom. The van der Waals surface area contributed by atoms with Crippen molar-refractivity contribution >= 4 is 11.0 Å². The molecule has 1 aromatic carbocycles. The molecule has 0 bridgehead atoms. The predicted octanol–water partition coefficient (Wildman–Crippen LogP) is 2.48. The number of imidazole rings is 1. The molecule has 2 rings (SSSR count). The zero-order valence-electron chi connectivity index (χ0n) is 10.5. The van der Waals surface area contributed by atoms with Crippen LogP contribution in [0.25, 0.3) is 11.0 Å². The maximum absolute atomic E-state index is 13.2. The van der Waals surface area contributed by atoms with E-state index < -0.39 is 0 Å². The fourth-order valence-corrected chi connectivity index (χ4v) is 2.04. The summed E-state index contributed by atoms with van der Waals surface area (Å²) in [5.74, 6) is 0.686.